The first-order valence-electron chi connectivity index (χ1n) is 5.25. The first-order chi connectivity index (χ1) is 9.02. The average Bonchev–Trinajstić information content (AvgIpc) is 2.38. The van der Waals surface area contributed by atoms with Gasteiger partial charge in [0.25, 0.3) is 5.56 Å². The van der Waals surface area contributed by atoms with Crippen LogP contribution in [0.4, 0.5) is 0 Å². The molecule has 1 aromatic rings. The van der Waals surface area contributed by atoms with Gasteiger partial charge in [0.05, 0.1) is 13.7 Å². The summed E-state index contributed by atoms with van der Waals surface area (Å²) in [5.74, 6) is -1.41. The molecule has 0 fully saturated rings. The molecule has 0 saturated carbocycles. The van der Waals surface area contributed by atoms with Gasteiger partial charge in [0, 0.05) is 24.4 Å². The van der Waals surface area contributed by atoms with E-state index in [1.807, 2.05) is 0 Å². The van der Waals surface area contributed by atoms with Crippen molar-refractivity contribution < 1.29 is 19.1 Å². The highest BCUT2D eigenvalue weighted by Gasteiger charge is 2.01. The normalized spacial score (nSPS) is 10.4. The van der Waals surface area contributed by atoms with Crippen molar-refractivity contribution in [1.29, 1.82) is 0 Å². The largest absolute Gasteiger partial charge is 0.466 e. The van der Waals surface area contributed by atoms with E-state index < -0.39 is 23.2 Å². The minimum absolute atomic E-state index is 0.0731. The lowest BCUT2D eigenvalue weighted by atomic mass is 10.5. The first-order valence-corrected chi connectivity index (χ1v) is 5.25. The molecule has 1 N–H and O–H groups in total. The number of H-pyrrole nitrogens is 1. The van der Waals surface area contributed by atoms with Gasteiger partial charge in [-0.15, -0.1) is 0 Å². The summed E-state index contributed by atoms with van der Waals surface area (Å²) in [6, 6.07) is 1.18. The van der Waals surface area contributed by atoms with Gasteiger partial charge >= 0.3 is 17.6 Å². The molecule has 0 atom stereocenters. The molecule has 1 heterocycles. The van der Waals surface area contributed by atoms with E-state index >= 15 is 0 Å². The van der Waals surface area contributed by atoms with E-state index in [1.165, 1.54) is 23.9 Å². The molecular weight excluding hydrogens is 256 g/mol. The molecule has 0 radical (unpaired) electrons. The number of carbonyl (C=O) groups is 2. The Bertz CT molecular complexity index is 598. The van der Waals surface area contributed by atoms with E-state index in [4.69, 9.17) is 4.74 Å². The van der Waals surface area contributed by atoms with Crippen molar-refractivity contribution >= 4 is 11.9 Å². The van der Waals surface area contributed by atoms with Gasteiger partial charge in [0.1, 0.15) is 6.61 Å². The van der Waals surface area contributed by atoms with Gasteiger partial charge in [-0.3, -0.25) is 14.3 Å². The van der Waals surface area contributed by atoms with Gasteiger partial charge in [0.15, 0.2) is 0 Å². The number of ether oxygens (including phenoxy) is 2. The smallest absolute Gasteiger partial charge is 0.331 e. The van der Waals surface area contributed by atoms with Gasteiger partial charge in [-0.2, -0.15) is 0 Å². The zero-order valence-electron chi connectivity index (χ0n) is 10.1. The van der Waals surface area contributed by atoms with Crippen LogP contribution in [0.25, 0.3) is 0 Å². The Morgan fingerprint density at radius 1 is 1.32 bits per heavy atom. The van der Waals surface area contributed by atoms with Gasteiger partial charge in [-0.05, 0) is 0 Å². The Labute approximate surface area is 107 Å². The second kappa shape index (κ2) is 6.94. The Kier molecular flexibility index (Phi) is 5.27. The quantitative estimate of drug-likeness (QED) is 0.531. The molecule has 8 nitrogen and oxygen atoms in total. The number of aromatic amines is 1. The van der Waals surface area contributed by atoms with Gasteiger partial charge in [-0.1, -0.05) is 0 Å². The summed E-state index contributed by atoms with van der Waals surface area (Å²) >= 11 is 0. The lowest BCUT2D eigenvalue weighted by molar-refractivity contribution is -0.139. The molecule has 0 bridgehead atoms. The molecule has 0 aliphatic rings. The Morgan fingerprint density at radius 3 is 2.63 bits per heavy atom. The molecule has 0 aromatic carbocycles. The van der Waals surface area contributed by atoms with Crippen LogP contribution in [-0.2, 0) is 25.6 Å². The van der Waals surface area contributed by atoms with Crippen molar-refractivity contribution in [3.05, 3.63) is 45.3 Å². The molecule has 0 aliphatic heterocycles. The Morgan fingerprint density at radius 2 is 2.00 bits per heavy atom. The van der Waals surface area contributed by atoms with Crippen LogP contribution < -0.4 is 11.2 Å². The third-order valence-electron chi connectivity index (χ3n) is 2.03. The molecule has 0 unspecified atom stereocenters. The maximum Gasteiger partial charge on any atom is 0.331 e. The van der Waals surface area contributed by atoms with E-state index in [0.29, 0.717) is 0 Å². The number of methoxy groups -OCH3 is 1. The summed E-state index contributed by atoms with van der Waals surface area (Å²) in [7, 11) is 1.18. The van der Waals surface area contributed by atoms with Crippen LogP contribution in [0.3, 0.4) is 0 Å². The van der Waals surface area contributed by atoms with Crippen LogP contribution in [0.15, 0.2) is 34.0 Å². The number of hydrogen-bond donors (Lipinski definition) is 1. The summed E-state index contributed by atoms with van der Waals surface area (Å²) in [5.41, 5.74) is -1.09. The second-order valence-corrected chi connectivity index (χ2v) is 3.33. The third-order valence-corrected chi connectivity index (χ3v) is 2.03. The standard InChI is InChI=1S/C11H12N2O6/c1-18-9(15)2-3-10(16)19-7-6-13-5-4-8(14)12-11(13)17/h2-5H,6-7H2,1H3,(H,12,14,17)/b3-2+. The van der Waals surface area contributed by atoms with Crippen LogP contribution in [0.5, 0.6) is 0 Å². The third kappa shape index (κ3) is 5.02. The van der Waals surface area contributed by atoms with Crippen molar-refractivity contribution in [2.24, 2.45) is 0 Å². The summed E-state index contributed by atoms with van der Waals surface area (Å²) in [6.45, 7) is 0.0176. The van der Waals surface area contributed by atoms with E-state index in [0.717, 1.165) is 12.2 Å². The number of nitrogens with zero attached hydrogens (tertiary/aromatic N) is 1. The molecule has 19 heavy (non-hydrogen) atoms. The van der Waals surface area contributed by atoms with Crippen molar-refractivity contribution in [2.75, 3.05) is 13.7 Å². The molecule has 0 spiro atoms. The lowest BCUT2D eigenvalue weighted by Crippen LogP contribution is -2.30. The van der Waals surface area contributed by atoms with E-state index in [9.17, 15) is 19.2 Å². The van der Waals surface area contributed by atoms with Gasteiger partial charge in [0.2, 0.25) is 0 Å². The highest BCUT2D eigenvalue weighted by Crippen LogP contribution is 1.86. The van der Waals surface area contributed by atoms with Crippen LogP contribution in [-0.4, -0.2) is 35.2 Å². The lowest BCUT2D eigenvalue weighted by Gasteiger charge is -2.04. The SMILES string of the molecule is COC(=O)/C=C/C(=O)OCCn1ccc(=O)[nH]c1=O. The fourth-order valence-corrected chi connectivity index (χ4v) is 1.12. The summed E-state index contributed by atoms with van der Waals surface area (Å²) in [5, 5.41) is 0. The Balaban J connectivity index is 2.44. The molecule has 0 aliphatic carbocycles. The monoisotopic (exact) mass is 268 g/mol. The maximum atomic E-state index is 11.3. The molecule has 0 saturated heterocycles. The zero-order chi connectivity index (χ0) is 14.3. The minimum Gasteiger partial charge on any atom is -0.466 e. The van der Waals surface area contributed by atoms with E-state index in [-0.39, 0.29) is 13.2 Å². The predicted octanol–water partition coefficient (Wildman–Crippen LogP) is -1.19. The molecule has 0 amide bonds. The Hall–Kier alpha value is -2.64. The number of hydrogen-bond acceptors (Lipinski definition) is 6. The van der Waals surface area contributed by atoms with E-state index in [1.54, 1.807) is 0 Å². The number of carbonyl (C=O) groups excluding carboxylic acids is 2. The number of esters is 2. The number of nitrogens with one attached hydrogen (secondary N) is 1. The van der Waals surface area contributed by atoms with Crippen LogP contribution >= 0.6 is 0 Å². The molecule has 1 aromatic heterocycles. The topological polar surface area (TPSA) is 107 Å². The highest BCUT2D eigenvalue weighted by atomic mass is 16.5. The molecule has 1 rings (SSSR count). The van der Waals surface area contributed by atoms with Crippen molar-refractivity contribution in [2.45, 2.75) is 6.54 Å². The first kappa shape index (κ1) is 14.4. The zero-order valence-corrected chi connectivity index (χ0v) is 10.1. The van der Waals surface area contributed by atoms with Crippen molar-refractivity contribution in [3.63, 3.8) is 0 Å². The van der Waals surface area contributed by atoms with Crippen LogP contribution in [0, 0.1) is 0 Å². The fraction of sp³-hybridized carbons (Fsp3) is 0.273. The van der Waals surface area contributed by atoms with Gasteiger partial charge in [-0.25, -0.2) is 14.4 Å². The average molecular weight is 268 g/mol. The van der Waals surface area contributed by atoms with Crippen molar-refractivity contribution in [3.8, 4) is 0 Å². The minimum atomic E-state index is -0.733. The number of rotatable bonds is 5. The summed E-state index contributed by atoms with van der Waals surface area (Å²) in [6.07, 6.45) is 3.13. The fourth-order valence-electron chi connectivity index (χ4n) is 1.12. The second-order valence-electron chi connectivity index (χ2n) is 3.33. The molecular formula is C11H12N2O6. The van der Waals surface area contributed by atoms with E-state index in [2.05, 4.69) is 9.72 Å². The number of aromatic nitrogens is 2. The predicted molar refractivity (Wildman–Crippen MR) is 63.4 cm³/mol. The van der Waals surface area contributed by atoms with Gasteiger partial charge < -0.3 is 9.47 Å². The molecule has 102 valence electrons. The molecule has 8 heteroatoms. The van der Waals surface area contributed by atoms with Crippen LogP contribution in [0.2, 0.25) is 0 Å². The maximum absolute atomic E-state index is 11.3. The summed E-state index contributed by atoms with van der Waals surface area (Å²) < 4.78 is 10.2. The highest BCUT2D eigenvalue weighted by molar-refractivity contribution is 5.91. The summed E-state index contributed by atoms with van der Waals surface area (Å²) in [4.78, 5) is 45.9. The van der Waals surface area contributed by atoms with Crippen LogP contribution in [0.1, 0.15) is 0 Å². The van der Waals surface area contributed by atoms with Crippen molar-refractivity contribution in [1.82, 2.24) is 9.55 Å².